The number of allylic oxidation sites excluding steroid dienone is 1. The van der Waals surface area contributed by atoms with Crippen LogP contribution in [0, 0.1) is 0 Å². The lowest BCUT2D eigenvalue weighted by Crippen LogP contribution is -1.97. The number of nitrogens with zero attached hydrogens (tertiary/aromatic N) is 1. The van der Waals surface area contributed by atoms with Gasteiger partial charge in [0.1, 0.15) is 0 Å². The van der Waals surface area contributed by atoms with Gasteiger partial charge in [0.2, 0.25) is 0 Å². The maximum absolute atomic E-state index is 8.67. The van der Waals surface area contributed by atoms with Gasteiger partial charge in [0, 0.05) is 0 Å². The minimum absolute atomic E-state index is 0.742. The Labute approximate surface area is 82.2 Å². The van der Waals surface area contributed by atoms with Gasteiger partial charge in [-0.3, -0.25) is 0 Å². The highest BCUT2D eigenvalue weighted by atomic mass is 32.1. The molecule has 0 aromatic carbocycles. The first-order valence-corrected chi connectivity index (χ1v) is 5.14. The Kier molecular flexibility index (Phi) is 3.71. The van der Waals surface area contributed by atoms with Crippen molar-refractivity contribution < 1.29 is 5.21 Å². The topological polar surface area (TPSA) is 32.6 Å². The van der Waals surface area contributed by atoms with Crippen LogP contribution in [0.5, 0.6) is 0 Å². The van der Waals surface area contributed by atoms with E-state index in [2.05, 4.69) is 10.5 Å². The Morgan fingerprint density at radius 1 is 1.69 bits per heavy atom. The van der Waals surface area contributed by atoms with Crippen molar-refractivity contribution in [3.8, 4) is 0 Å². The van der Waals surface area contributed by atoms with Crippen molar-refractivity contribution >= 4 is 23.1 Å². The summed E-state index contributed by atoms with van der Waals surface area (Å²) in [5.74, 6) is 0. The van der Waals surface area contributed by atoms with Gasteiger partial charge in [0.15, 0.2) is 0 Å². The average Bonchev–Trinajstić information content (AvgIpc) is 2.59. The lowest BCUT2D eigenvalue weighted by Gasteiger charge is -1.99. The molecule has 70 valence electrons. The Balaban J connectivity index is 2.83. The zero-order valence-corrected chi connectivity index (χ0v) is 8.64. The first kappa shape index (κ1) is 9.99. The van der Waals surface area contributed by atoms with Crippen LogP contribution >= 0.6 is 11.3 Å². The fourth-order valence-electron chi connectivity index (χ4n) is 1.12. The monoisotopic (exact) mass is 195 g/mol. The Hall–Kier alpha value is -1.09. The third-order valence-electron chi connectivity index (χ3n) is 1.84. The maximum Gasteiger partial charge on any atom is 0.0822 e. The minimum atomic E-state index is 0.742. The van der Waals surface area contributed by atoms with Crippen LogP contribution in [-0.4, -0.2) is 10.9 Å². The molecule has 0 bridgehead atoms. The molecule has 0 aliphatic carbocycles. The zero-order chi connectivity index (χ0) is 9.68. The molecular formula is C10H13NOS. The van der Waals surface area contributed by atoms with Crippen LogP contribution in [0.15, 0.2) is 27.6 Å². The lowest BCUT2D eigenvalue weighted by atomic mass is 10.1. The van der Waals surface area contributed by atoms with E-state index in [0.717, 1.165) is 23.3 Å². The van der Waals surface area contributed by atoms with E-state index in [-0.39, 0.29) is 0 Å². The van der Waals surface area contributed by atoms with Gasteiger partial charge in [0.05, 0.1) is 5.71 Å². The molecule has 0 saturated heterocycles. The summed E-state index contributed by atoms with van der Waals surface area (Å²) in [4.78, 5) is 0. The molecule has 1 aromatic rings. The zero-order valence-electron chi connectivity index (χ0n) is 7.82. The molecule has 1 aromatic heterocycles. The molecule has 2 nitrogen and oxygen atoms in total. The second-order valence-corrected chi connectivity index (χ2v) is 3.56. The fourth-order valence-corrected chi connectivity index (χ4v) is 1.74. The van der Waals surface area contributed by atoms with E-state index in [1.807, 2.05) is 31.4 Å². The summed E-state index contributed by atoms with van der Waals surface area (Å²) in [6, 6.07) is 2.04. The van der Waals surface area contributed by atoms with Gasteiger partial charge >= 0.3 is 0 Å². The molecule has 0 atom stereocenters. The van der Waals surface area contributed by atoms with Crippen LogP contribution in [0.1, 0.15) is 25.8 Å². The predicted octanol–water partition coefficient (Wildman–Crippen LogP) is 3.39. The highest BCUT2D eigenvalue weighted by molar-refractivity contribution is 7.08. The summed E-state index contributed by atoms with van der Waals surface area (Å²) < 4.78 is 0. The van der Waals surface area contributed by atoms with Crippen LogP contribution in [-0.2, 0) is 0 Å². The smallest absolute Gasteiger partial charge is 0.0822 e. The molecule has 0 unspecified atom stereocenters. The summed E-state index contributed by atoms with van der Waals surface area (Å²) in [5, 5.41) is 16.0. The molecule has 0 spiro atoms. The number of hydrogen-bond acceptors (Lipinski definition) is 3. The van der Waals surface area contributed by atoms with Crippen LogP contribution in [0.2, 0.25) is 0 Å². The summed E-state index contributed by atoms with van der Waals surface area (Å²) >= 11 is 1.66. The Morgan fingerprint density at radius 3 is 2.92 bits per heavy atom. The van der Waals surface area contributed by atoms with Gasteiger partial charge in [-0.25, -0.2) is 0 Å². The standard InChI is InChI=1S/C10H13NOS/c1-3-10(11-12)8(2)6-9-4-5-13-7-9/h4-7,12H,3H2,1-2H3/b8-6+,11-10?. The van der Waals surface area contributed by atoms with E-state index in [0.29, 0.717) is 0 Å². The van der Waals surface area contributed by atoms with Crippen molar-refractivity contribution in [2.45, 2.75) is 20.3 Å². The second kappa shape index (κ2) is 4.82. The molecule has 3 heteroatoms. The lowest BCUT2D eigenvalue weighted by molar-refractivity contribution is 0.318. The summed E-state index contributed by atoms with van der Waals surface area (Å²) in [6.45, 7) is 3.93. The SMILES string of the molecule is CCC(=NO)/C(C)=C/c1ccsc1. The van der Waals surface area contributed by atoms with Gasteiger partial charge < -0.3 is 5.21 Å². The summed E-state index contributed by atoms with van der Waals surface area (Å²) in [5.41, 5.74) is 2.92. The second-order valence-electron chi connectivity index (χ2n) is 2.78. The van der Waals surface area contributed by atoms with Gasteiger partial charge in [-0.2, -0.15) is 11.3 Å². The molecule has 0 fully saturated rings. The van der Waals surface area contributed by atoms with Crippen molar-refractivity contribution in [1.82, 2.24) is 0 Å². The van der Waals surface area contributed by atoms with Gasteiger partial charge in [0.25, 0.3) is 0 Å². The summed E-state index contributed by atoms with van der Waals surface area (Å²) in [6.07, 6.45) is 2.78. The Morgan fingerprint density at radius 2 is 2.46 bits per heavy atom. The number of oxime groups is 1. The summed E-state index contributed by atoms with van der Waals surface area (Å²) in [7, 11) is 0. The molecule has 0 aliphatic heterocycles. The van der Waals surface area contributed by atoms with Crippen molar-refractivity contribution in [3.63, 3.8) is 0 Å². The van der Waals surface area contributed by atoms with Crippen LogP contribution in [0.3, 0.4) is 0 Å². The van der Waals surface area contributed by atoms with Gasteiger partial charge in [-0.15, -0.1) is 0 Å². The van der Waals surface area contributed by atoms with Crippen molar-refractivity contribution in [1.29, 1.82) is 0 Å². The van der Waals surface area contributed by atoms with E-state index in [1.165, 1.54) is 0 Å². The molecule has 0 aliphatic rings. The molecule has 1 rings (SSSR count). The highest BCUT2D eigenvalue weighted by Gasteiger charge is 1.99. The van der Waals surface area contributed by atoms with Crippen molar-refractivity contribution in [2.24, 2.45) is 5.16 Å². The average molecular weight is 195 g/mol. The number of rotatable bonds is 3. The molecule has 1 N–H and O–H groups in total. The number of hydrogen-bond donors (Lipinski definition) is 1. The van der Waals surface area contributed by atoms with Crippen LogP contribution in [0.25, 0.3) is 6.08 Å². The normalized spacial score (nSPS) is 13.4. The van der Waals surface area contributed by atoms with E-state index in [1.54, 1.807) is 11.3 Å². The first-order valence-electron chi connectivity index (χ1n) is 4.19. The van der Waals surface area contributed by atoms with Crippen LogP contribution in [0.4, 0.5) is 0 Å². The molecule has 0 amide bonds. The van der Waals surface area contributed by atoms with E-state index in [4.69, 9.17) is 5.21 Å². The van der Waals surface area contributed by atoms with Crippen molar-refractivity contribution in [3.05, 3.63) is 28.0 Å². The van der Waals surface area contributed by atoms with Gasteiger partial charge in [-0.1, -0.05) is 12.1 Å². The quantitative estimate of drug-likeness (QED) is 0.447. The van der Waals surface area contributed by atoms with Crippen LogP contribution < -0.4 is 0 Å². The third-order valence-corrected chi connectivity index (χ3v) is 2.54. The molecule has 0 radical (unpaired) electrons. The first-order chi connectivity index (χ1) is 6.27. The van der Waals surface area contributed by atoms with E-state index < -0.39 is 0 Å². The number of thiophene rings is 1. The fraction of sp³-hybridized carbons (Fsp3) is 0.300. The maximum atomic E-state index is 8.67. The van der Waals surface area contributed by atoms with E-state index >= 15 is 0 Å². The van der Waals surface area contributed by atoms with E-state index in [9.17, 15) is 0 Å². The highest BCUT2D eigenvalue weighted by Crippen LogP contribution is 2.12. The minimum Gasteiger partial charge on any atom is -0.411 e. The predicted molar refractivity (Wildman–Crippen MR) is 57.5 cm³/mol. The third kappa shape index (κ3) is 2.70. The largest absolute Gasteiger partial charge is 0.411 e. The van der Waals surface area contributed by atoms with Gasteiger partial charge in [-0.05, 0) is 47.4 Å². The van der Waals surface area contributed by atoms with Crippen molar-refractivity contribution in [2.75, 3.05) is 0 Å². The molecule has 1 heterocycles. The molecule has 0 saturated carbocycles. The molecule has 13 heavy (non-hydrogen) atoms. The molecular weight excluding hydrogens is 182 g/mol. The Bertz CT molecular complexity index is 312.